The second-order valence-electron chi connectivity index (χ2n) is 1.61. The molecule has 0 aliphatic rings. The maximum absolute atomic E-state index is 8.33. The van der Waals surface area contributed by atoms with Gasteiger partial charge in [-0.25, -0.2) is 0 Å². The van der Waals surface area contributed by atoms with Crippen LogP contribution in [0.15, 0.2) is 11.6 Å². The average Bonchev–Trinajstić information content (AvgIpc) is 2.12. The molecule has 0 unspecified atom stereocenters. The summed E-state index contributed by atoms with van der Waals surface area (Å²) >= 11 is 0. The van der Waals surface area contributed by atoms with Gasteiger partial charge >= 0.3 is 0 Å². The summed E-state index contributed by atoms with van der Waals surface area (Å²) in [5.74, 6) is 0. The summed E-state index contributed by atoms with van der Waals surface area (Å²) < 4.78 is 0. The van der Waals surface area contributed by atoms with Gasteiger partial charge < -0.3 is 5.11 Å². The number of aliphatic hydroxyl groups excluding tert-OH is 1. The van der Waals surface area contributed by atoms with E-state index in [9.17, 15) is 0 Å². The Morgan fingerprint density at radius 3 is 1.64 bits per heavy atom. The van der Waals surface area contributed by atoms with Crippen LogP contribution >= 0.6 is 0 Å². The molecule has 0 spiro atoms. The van der Waals surface area contributed by atoms with Crippen LogP contribution in [0.1, 0.15) is 48.0 Å². The molecule has 0 aromatic carbocycles. The first kappa shape index (κ1) is 17.0. The molecule has 0 aliphatic heterocycles. The van der Waals surface area contributed by atoms with Gasteiger partial charge in [0.2, 0.25) is 0 Å². The van der Waals surface area contributed by atoms with Crippen molar-refractivity contribution >= 4 is 0 Å². The molecule has 0 saturated heterocycles. The molecule has 0 bridgehead atoms. The molecular weight excluding hydrogens is 136 g/mol. The van der Waals surface area contributed by atoms with Crippen molar-refractivity contribution in [2.75, 3.05) is 6.61 Å². The Labute approximate surface area is 72.1 Å². The quantitative estimate of drug-likeness (QED) is 0.614. The third-order valence-corrected chi connectivity index (χ3v) is 0.999. The molecule has 0 atom stereocenters. The molecule has 70 valence electrons. The molecule has 0 amide bonds. The zero-order valence-corrected chi connectivity index (χ0v) is 8.94. The molecule has 0 heterocycles. The SMILES string of the molecule is C/C=C(/C)CCO.CC.CC. The van der Waals surface area contributed by atoms with Crippen LogP contribution in [0, 0.1) is 0 Å². The predicted octanol–water partition coefficient (Wildman–Crippen LogP) is 3.39. The molecule has 0 radical (unpaired) electrons. The van der Waals surface area contributed by atoms with Crippen molar-refractivity contribution in [2.45, 2.75) is 48.0 Å². The normalized spacial score (nSPS) is 8.82. The summed E-state index contributed by atoms with van der Waals surface area (Å²) in [6, 6.07) is 0. The topological polar surface area (TPSA) is 20.2 Å². The Hall–Kier alpha value is -0.300. The molecule has 0 aliphatic carbocycles. The first-order valence-electron chi connectivity index (χ1n) is 4.54. The number of allylic oxidation sites excluding steroid dienone is 1. The van der Waals surface area contributed by atoms with E-state index in [1.807, 2.05) is 47.6 Å². The van der Waals surface area contributed by atoms with E-state index < -0.39 is 0 Å². The lowest BCUT2D eigenvalue weighted by atomic mass is 10.2. The molecule has 0 saturated carbocycles. The summed E-state index contributed by atoms with van der Waals surface area (Å²) in [6.45, 7) is 12.3. The van der Waals surface area contributed by atoms with Gasteiger partial charge in [-0.05, 0) is 20.3 Å². The van der Waals surface area contributed by atoms with E-state index in [1.165, 1.54) is 5.57 Å². The van der Waals surface area contributed by atoms with Crippen LogP contribution < -0.4 is 0 Å². The highest BCUT2D eigenvalue weighted by atomic mass is 16.2. The first-order valence-corrected chi connectivity index (χ1v) is 4.54. The highest BCUT2D eigenvalue weighted by Crippen LogP contribution is 1.95. The van der Waals surface area contributed by atoms with Crippen LogP contribution in [0.25, 0.3) is 0 Å². The predicted molar refractivity (Wildman–Crippen MR) is 53.8 cm³/mol. The highest BCUT2D eigenvalue weighted by molar-refractivity contribution is 4.94. The van der Waals surface area contributed by atoms with E-state index in [0.29, 0.717) is 0 Å². The highest BCUT2D eigenvalue weighted by Gasteiger charge is 1.80. The Kier molecular flexibility index (Phi) is 34.9. The van der Waals surface area contributed by atoms with Gasteiger partial charge in [-0.3, -0.25) is 0 Å². The molecule has 0 fully saturated rings. The van der Waals surface area contributed by atoms with Gasteiger partial charge in [-0.2, -0.15) is 0 Å². The molecular formula is C10H24O. The Morgan fingerprint density at radius 2 is 1.55 bits per heavy atom. The van der Waals surface area contributed by atoms with Crippen molar-refractivity contribution in [3.63, 3.8) is 0 Å². The van der Waals surface area contributed by atoms with Gasteiger partial charge in [-0.1, -0.05) is 39.3 Å². The Bertz CT molecular complexity index is 65.3. The third-order valence-electron chi connectivity index (χ3n) is 0.999. The van der Waals surface area contributed by atoms with E-state index in [4.69, 9.17) is 5.11 Å². The van der Waals surface area contributed by atoms with Crippen LogP contribution in [0.3, 0.4) is 0 Å². The van der Waals surface area contributed by atoms with Crippen LogP contribution in [-0.4, -0.2) is 11.7 Å². The summed E-state index contributed by atoms with van der Waals surface area (Å²) in [6.07, 6.45) is 2.83. The number of aliphatic hydroxyl groups is 1. The largest absolute Gasteiger partial charge is 0.396 e. The van der Waals surface area contributed by atoms with Crippen molar-refractivity contribution in [1.82, 2.24) is 0 Å². The smallest absolute Gasteiger partial charge is 0.0468 e. The second kappa shape index (κ2) is 22.6. The van der Waals surface area contributed by atoms with E-state index in [0.717, 1.165) is 6.42 Å². The van der Waals surface area contributed by atoms with Crippen molar-refractivity contribution in [1.29, 1.82) is 0 Å². The molecule has 0 rings (SSSR count). The van der Waals surface area contributed by atoms with E-state index >= 15 is 0 Å². The minimum Gasteiger partial charge on any atom is -0.396 e. The zero-order chi connectivity index (χ0) is 9.70. The van der Waals surface area contributed by atoms with Gasteiger partial charge in [0.1, 0.15) is 0 Å². The molecule has 0 aromatic rings. The van der Waals surface area contributed by atoms with E-state index in [1.54, 1.807) is 0 Å². The maximum Gasteiger partial charge on any atom is 0.0468 e. The van der Waals surface area contributed by atoms with Gasteiger partial charge in [0.25, 0.3) is 0 Å². The third kappa shape index (κ3) is 26.0. The maximum atomic E-state index is 8.33. The lowest BCUT2D eigenvalue weighted by Crippen LogP contribution is -1.81. The first-order chi connectivity index (χ1) is 5.31. The fourth-order valence-corrected chi connectivity index (χ4v) is 0.321. The molecule has 1 N–H and O–H groups in total. The zero-order valence-electron chi connectivity index (χ0n) is 8.94. The van der Waals surface area contributed by atoms with Crippen LogP contribution in [0.2, 0.25) is 0 Å². The minimum absolute atomic E-state index is 0.274. The fraction of sp³-hybridized carbons (Fsp3) is 0.800. The van der Waals surface area contributed by atoms with Crippen molar-refractivity contribution < 1.29 is 5.11 Å². The van der Waals surface area contributed by atoms with Crippen molar-refractivity contribution in [3.05, 3.63) is 11.6 Å². The number of hydrogen-bond acceptors (Lipinski definition) is 1. The van der Waals surface area contributed by atoms with Crippen LogP contribution in [0.4, 0.5) is 0 Å². The second-order valence-corrected chi connectivity index (χ2v) is 1.61. The van der Waals surface area contributed by atoms with Crippen molar-refractivity contribution in [2.24, 2.45) is 0 Å². The fourth-order valence-electron chi connectivity index (χ4n) is 0.321. The monoisotopic (exact) mass is 160 g/mol. The summed E-state index contributed by atoms with van der Waals surface area (Å²) in [7, 11) is 0. The van der Waals surface area contributed by atoms with Gasteiger partial charge in [-0.15, -0.1) is 0 Å². The molecule has 1 nitrogen and oxygen atoms in total. The number of hydrogen-bond donors (Lipinski definition) is 1. The average molecular weight is 160 g/mol. The molecule has 0 aromatic heterocycles. The van der Waals surface area contributed by atoms with Gasteiger partial charge in [0, 0.05) is 6.61 Å². The minimum atomic E-state index is 0.274. The lowest BCUT2D eigenvalue weighted by Gasteiger charge is -1.90. The molecule has 11 heavy (non-hydrogen) atoms. The molecule has 1 heteroatoms. The summed E-state index contributed by atoms with van der Waals surface area (Å²) in [5, 5.41) is 8.33. The van der Waals surface area contributed by atoms with E-state index in [2.05, 4.69) is 0 Å². The van der Waals surface area contributed by atoms with E-state index in [-0.39, 0.29) is 6.61 Å². The summed E-state index contributed by atoms with van der Waals surface area (Å²) in [5.41, 5.74) is 1.25. The standard InChI is InChI=1S/C6H12O.2C2H6/c1-3-6(2)4-5-7;2*1-2/h3,7H,4-5H2,1-2H3;2*1-2H3/b6-3-;;. The van der Waals surface area contributed by atoms with Gasteiger partial charge in [0.05, 0.1) is 0 Å². The lowest BCUT2D eigenvalue weighted by molar-refractivity contribution is 0.299. The summed E-state index contributed by atoms with van der Waals surface area (Å²) in [4.78, 5) is 0. The van der Waals surface area contributed by atoms with Crippen LogP contribution in [-0.2, 0) is 0 Å². The Balaban J connectivity index is -0.000000138. The number of rotatable bonds is 2. The van der Waals surface area contributed by atoms with Crippen LogP contribution in [0.5, 0.6) is 0 Å². The van der Waals surface area contributed by atoms with Gasteiger partial charge in [0.15, 0.2) is 0 Å². The Morgan fingerprint density at radius 1 is 1.18 bits per heavy atom. The van der Waals surface area contributed by atoms with Crippen molar-refractivity contribution in [3.8, 4) is 0 Å².